The Morgan fingerprint density at radius 1 is 1.37 bits per heavy atom. The molecule has 0 aliphatic heterocycles. The van der Waals surface area contributed by atoms with Gasteiger partial charge in [0.15, 0.2) is 0 Å². The summed E-state index contributed by atoms with van der Waals surface area (Å²) in [6, 6.07) is 8.55. The van der Waals surface area contributed by atoms with Gasteiger partial charge in [-0.15, -0.1) is 0 Å². The summed E-state index contributed by atoms with van der Waals surface area (Å²) < 4.78 is 5.05. The number of hydrogen-bond acceptors (Lipinski definition) is 4. The number of rotatable bonds is 4. The summed E-state index contributed by atoms with van der Waals surface area (Å²) in [6.07, 6.45) is 1.25. The van der Waals surface area contributed by atoms with E-state index in [9.17, 15) is 4.79 Å². The third-order valence-corrected chi connectivity index (χ3v) is 2.73. The fourth-order valence-electron chi connectivity index (χ4n) is 1.46. The van der Waals surface area contributed by atoms with E-state index in [4.69, 9.17) is 21.4 Å². The van der Waals surface area contributed by atoms with Crippen molar-refractivity contribution in [2.24, 2.45) is 0 Å². The van der Waals surface area contributed by atoms with Gasteiger partial charge in [0, 0.05) is 11.9 Å². The quantitative estimate of drug-likeness (QED) is 0.899. The van der Waals surface area contributed by atoms with E-state index in [1.54, 1.807) is 19.2 Å². The highest BCUT2D eigenvalue weighted by molar-refractivity contribution is 6.33. The zero-order chi connectivity index (χ0) is 13.8. The average molecular weight is 279 g/mol. The zero-order valence-corrected chi connectivity index (χ0v) is 10.8. The SMILES string of the molecule is COc1ccc(Nc2ncc(C(=O)O)cc2Cl)cc1. The molecular weight excluding hydrogens is 268 g/mol. The predicted octanol–water partition coefficient (Wildman–Crippen LogP) is 3.19. The molecule has 2 N–H and O–H groups in total. The van der Waals surface area contributed by atoms with Gasteiger partial charge in [0.05, 0.1) is 17.7 Å². The van der Waals surface area contributed by atoms with Crippen molar-refractivity contribution in [1.29, 1.82) is 0 Å². The third kappa shape index (κ3) is 3.14. The monoisotopic (exact) mass is 278 g/mol. The molecule has 0 spiro atoms. The lowest BCUT2D eigenvalue weighted by atomic mass is 10.2. The lowest BCUT2D eigenvalue weighted by molar-refractivity contribution is 0.0696. The molecule has 2 aromatic rings. The van der Waals surface area contributed by atoms with E-state index >= 15 is 0 Å². The number of carboxylic acid groups (broad SMARTS) is 1. The Morgan fingerprint density at radius 2 is 2.05 bits per heavy atom. The molecule has 1 aromatic heterocycles. The molecule has 0 aliphatic carbocycles. The van der Waals surface area contributed by atoms with Crippen LogP contribution in [-0.2, 0) is 0 Å². The minimum absolute atomic E-state index is 0.0466. The lowest BCUT2D eigenvalue weighted by Gasteiger charge is -2.08. The highest BCUT2D eigenvalue weighted by Gasteiger charge is 2.08. The van der Waals surface area contributed by atoms with E-state index in [-0.39, 0.29) is 10.6 Å². The molecule has 0 radical (unpaired) electrons. The standard InChI is InChI=1S/C13H11ClN2O3/c1-19-10-4-2-9(3-5-10)16-12-11(14)6-8(7-15-12)13(17)18/h2-7H,1H3,(H,15,16)(H,17,18). The minimum Gasteiger partial charge on any atom is -0.497 e. The Hall–Kier alpha value is -2.27. The van der Waals surface area contributed by atoms with Gasteiger partial charge in [0.1, 0.15) is 11.6 Å². The number of anilines is 2. The highest BCUT2D eigenvalue weighted by atomic mass is 35.5. The summed E-state index contributed by atoms with van der Waals surface area (Å²) in [5.41, 5.74) is 0.823. The van der Waals surface area contributed by atoms with Gasteiger partial charge in [0.2, 0.25) is 0 Å². The Kier molecular flexibility index (Phi) is 3.87. The van der Waals surface area contributed by atoms with Gasteiger partial charge in [-0.3, -0.25) is 0 Å². The van der Waals surface area contributed by atoms with E-state index in [0.717, 1.165) is 11.4 Å². The number of carbonyl (C=O) groups is 1. The largest absolute Gasteiger partial charge is 0.497 e. The van der Waals surface area contributed by atoms with Crippen molar-refractivity contribution >= 4 is 29.1 Å². The molecule has 0 aliphatic rings. The second-order valence-electron chi connectivity index (χ2n) is 3.71. The van der Waals surface area contributed by atoms with Crippen LogP contribution in [0, 0.1) is 0 Å². The van der Waals surface area contributed by atoms with Gasteiger partial charge in [0.25, 0.3) is 0 Å². The molecule has 0 fully saturated rings. The first kappa shape index (κ1) is 13.2. The number of nitrogens with one attached hydrogen (secondary N) is 1. The van der Waals surface area contributed by atoms with E-state index in [2.05, 4.69) is 10.3 Å². The number of methoxy groups -OCH3 is 1. The Bertz CT molecular complexity index is 599. The number of hydrogen-bond donors (Lipinski definition) is 2. The van der Waals surface area contributed by atoms with E-state index in [1.807, 2.05) is 12.1 Å². The molecule has 6 heteroatoms. The molecule has 2 rings (SSSR count). The normalized spacial score (nSPS) is 10.0. The van der Waals surface area contributed by atoms with Crippen molar-refractivity contribution in [1.82, 2.24) is 4.98 Å². The second kappa shape index (κ2) is 5.58. The van der Waals surface area contributed by atoms with Crippen molar-refractivity contribution in [2.75, 3.05) is 12.4 Å². The van der Waals surface area contributed by atoms with Gasteiger partial charge in [-0.25, -0.2) is 9.78 Å². The van der Waals surface area contributed by atoms with Crippen LogP contribution in [0.25, 0.3) is 0 Å². The van der Waals surface area contributed by atoms with Crippen LogP contribution in [0.15, 0.2) is 36.5 Å². The third-order valence-electron chi connectivity index (χ3n) is 2.44. The number of aromatic nitrogens is 1. The first-order valence-electron chi connectivity index (χ1n) is 5.40. The van der Waals surface area contributed by atoms with Crippen molar-refractivity contribution < 1.29 is 14.6 Å². The van der Waals surface area contributed by atoms with Crippen LogP contribution < -0.4 is 10.1 Å². The summed E-state index contributed by atoms with van der Waals surface area (Å²) in [5, 5.41) is 12.1. The number of aromatic carboxylic acids is 1. The summed E-state index contributed by atoms with van der Waals surface area (Å²) in [6.45, 7) is 0. The van der Waals surface area contributed by atoms with E-state index in [0.29, 0.717) is 5.82 Å². The van der Waals surface area contributed by atoms with Crippen LogP contribution in [-0.4, -0.2) is 23.2 Å². The van der Waals surface area contributed by atoms with Crippen LogP contribution >= 0.6 is 11.6 Å². The lowest BCUT2D eigenvalue weighted by Crippen LogP contribution is -2.00. The maximum Gasteiger partial charge on any atom is 0.337 e. The molecule has 0 saturated heterocycles. The summed E-state index contributed by atoms with van der Waals surface area (Å²) >= 11 is 5.97. The van der Waals surface area contributed by atoms with Crippen LogP contribution in [0.3, 0.4) is 0 Å². The van der Waals surface area contributed by atoms with E-state index < -0.39 is 5.97 Å². The molecule has 0 bridgehead atoms. The van der Waals surface area contributed by atoms with Crippen LogP contribution in [0.1, 0.15) is 10.4 Å². The molecule has 5 nitrogen and oxygen atoms in total. The number of nitrogens with zero attached hydrogens (tertiary/aromatic N) is 1. The van der Waals surface area contributed by atoms with Gasteiger partial charge >= 0.3 is 5.97 Å². The van der Waals surface area contributed by atoms with Crippen LogP contribution in [0.2, 0.25) is 5.02 Å². The molecule has 98 valence electrons. The smallest absolute Gasteiger partial charge is 0.337 e. The van der Waals surface area contributed by atoms with E-state index in [1.165, 1.54) is 12.3 Å². The summed E-state index contributed by atoms with van der Waals surface area (Å²) in [4.78, 5) is 14.7. The molecule has 0 atom stereocenters. The number of halogens is 1. The number of pyridine rings is 1. The topological polar surface area (TPSA) is 71.5 Å². The Labute approximate surface area is 114 Å². The molecule has 0 unspecified atom stereocenters. The Morgan fingerprint density at radius 3 is 2.58 bits per heavy atom. The molecule has 0 amide bonds. The fourth-order valence-corrected chi connectivity index (χ4v) is 1.67. The second-order valence-corrected chi connectivity index (χ2v) is 4.12. The summed E-state index contributed by atoms with van der Waals surface area (Å²) in [7, 11) is 1.59. The first-order chi connectivity index (χ1) is 9.10. The maximum absolute atomic E-state index is 10.8. The fraction of sp³-hybridized carbons (Fsp3) is 0.0769. The summed E-state index contributed by atoms with van der Waals surface area (Å²) in [5.74, 6) is 0.0769. The Balaban J connectivity index is 2.20. The van der Waals surface area contributed by atoms with Gasteiger partial charge in [-0.05, 0) is 30.3 Å². The number of ether oxygens (including phenoxy) is 1. The van der Waals surface area contributed by atoms with Crippen molar-refractivity contribution in [3.05, 3.63) is 47.1 Å². The van der Waals surface area contributed by atoms with Crippen LogP contribution in [0.4, 0.5) is 11.5 Å². The average Bonchev–Trinajstić information content (AvgIpc) is 2.41. The molecule has 1 heterocycles. The van der Waals surface area contributed by atoms with Gasteiger partial charge in [-0.1, -0.05) is 11.6 Å². The molecular formula is C13H11ClN2O3. The molecule has 19 heavy (non-hydrogen) atoms. The van der Waals surface area contributed by atoms with Crippen LogP contribution in [0.5, 0.6) is 5.75 Å². The highest BCUT2D eigenvalue weighted by Crippen LogP contribution is 2.25. The van der Waals surface area contributed by atoms with Crippen molar-refractivity contribution in [3.63, 3.8) is 0 Å². The minimum atomic E-state index is -1.06. The van der Waals surface area contributed by atoms with Crippen molar-refractivity contribution in [3.8, 4) is 5.75 Å². The number of benzene rings is 1. The van der Waals surface area contributed by atoms with Gasteiger partial charge < -0.3 is 15.2 Å². The first-order valence-corrected chi connectivity index (χ1v) is 5.78. The molecule has 0 saturated carbocycles. The van der Waals surface area contributed by atoms with Crippen molar-refractivity contribution in [2.45, 2.75) is 0 Å². The predicted molar refractivity (Wildman–Crippen MR) is 72.5 cm³/mol. The zero-order valence-electron chi connectivity index (χ0n) is 10.1. The maximum atomic E-state index is 10.8. The van der Waals surface area contributed by atoms with Gasteiger partial charge in [-0.2, -0.15) is 0 Å². The number of carboxylic acids is 1. The molecule has 1 aromatic carbocycles.